The molecule has 1 heterocycles. The van der Waals surface area contributed by atoms with E-state index in [4.69, 9.17) is 4.74 Å². The van der Waals surface area contributed by atoms with Crippen LogP contribution in [-0.4, -0.2) is 61.2 Å². The Bertz CT molecular complexity index is 277. The smallest absolute Gasteiger partial charge is 0.435 e. The number of ether oxygens (including phenoxy) is 2. The predicted molar refractivity (Wildman–Crippen MR) is 67.1 cm³/mol. The van der Waals surface area contributed by atoms with Crippen LogP contribution in [0.3, 0.4) is 0 Å². The summed E-state index contributed by atoms with van der Waals surface area (Å²) < 4.78 is 9.55. The monoisotopic (exact) mass is 283 g/mol. The minimum Gasteiger partial charge on any atom is -0.435 e. The number of hydrogen-bond acceptors (Lipinski definition) is 8. The van der Waals surface area contributed by atoms with Crippen LogP contribution in [0.5, 0.6) is 0 Å². The lowest BCUT2D eigenvalue weighted by molar-refractivity contribution is 0.0410. The lowest BCUT2D eigenvalue weighted by atomic mass is 10.4. The summed E-state index contributed by atoms with van der Waals surface area (Å²) in [5.41, 5.74) is -0.931. The maximum Gasteiger partial charge on any atom is 0.522 e. The Morgan fingerprint density at radius 3 is 2.76 bits per heavy atom. The number of nitrogens with zero attached hydrogens (tertiary/aromatic N) is 2. The molecule has 1 saturated heterocycles. The first-order valence-electron chi connectivity index (χ1n) is 5.12. The zero-order valence-electron chi connectivity index (χ0n) is 9.57. The maximum absolute atomic E-state index is 11.2. The number of rotatable bonds is 6. The molecule has 0 saturated carbocycles. The van der Waals surface area contributed by atoms with Crippen molar-refractivity contribution >= 4 is 23.9 Å². The van der Waals surface area contributed by atoms with Gasteiger partial charge in [0.05, 0.1) is 31.7 Å². The van der Waals surface area contributed by atoms with Gasteiger partial charge in [-0.25, -0.2) is 4.89 Å². The van der Waals surface area contributed by atoms with Crippen LogP contribution in [0.4, 0.5) is 4.79 Å². The lowest BCUT2D eigenvalue weighted by Crippen LogP contribution is -2.37. The standard InChI is InChI=1S/C8H16N2O5PS/c1-14-8(11)16(13,9-12)17-7-4-10-2-5-15-6-3-10/h13H,2-7H2,1H3/q+1. The first-order chi connectivity index (χ1) is 8.12. The van der Waals surface area contributed by atoms with E-state index in [-0.39, 0.29) is 0 Å². The average molecular weight is 283 g/mol. The number of methoxy groups -OCH3 is 1. The second-order valence-corrected chi connectivity index (χ2v) is 7.97. The van der Waals surface area contributed by atoms with E-state index < -0.39 is 12.6 Å². The van der Waals surface area contributed by atoms with Crippen LogP contribution < -0.4 is 0 Å². The quantitative estimate of drug-likeness (QED) is 0.581. The summed E-state index contributed by atoms with van der Waals surface area (Å²) in [6.07, 6.45) is 0. The van der Waals surface area contributed by atoms with Gasteiger partial charge in [0.2, 0.25) is 0 Å². The van der Waals surface area contributed by atoms with Crippen molar-refractivity contribution < 1.29 is 19.2 Å². The average Bonchev–Trinajstić information content (AvgIpc) is 2.38. The molecule has 1 fully saturated rings. The Morgan fingerprint density at radius 1 is 1.59 bits per heavy atom. The second kappa shape index (κ2) is 7.23. The van der Waals surface area contributed by atoms with Crippen molar-refractivity contribution in [2.24, 2.45) is 4.95 Å². The summed E-state index contributed by atoms with van der Waals surface area (Å²) in [6.45, 7) is 0.164. The highest BCUT2D eigenvalue weighted by molar-refractivity contribution is 8.64. The minimum absolute atomic E-state index is 0.463. The van der Waals surface area contributed by atoms with Crippen molar-refractivity contribution in [3.63, 3.8) is 0 Å². The normalized spacial score (nSPS) is 20.6. The Balaban J connectivity index is 2.32. The van der Waals surface area contributed by atoms with Crippen molar-refractivity contribution in [2.45, 2.75) is 0 Å². The van der Waals surface area contributed by atoms with Crippen LogP contribution >= 0.6 is 18.2 Å². The van der Waals surface area contributed by atoms with Crippen molar-refractivity contribution in [3.05, 3.63) is 4.91 Å². The van der Waals surface area contributed by atoms with E-state index in [1.54, 1.807) is 0 Å². The largest absolute Gasteiger partial charge is 0.522 e. The number of carbonyl (C=O) groups excluding carboxylic acids is 1. The molecule has 1 aliphatic heterocycles. The van der Waals surface area contributed by atoms with Gasteiger partial charge in [0.25, 0.3) is 0 Å². The molecule has 9 heteroatoms. The molecule has 1 unspecified atom stereocenters. The Morgan fingerprint density at radius 2 is 2.24 bits per heavy atom. The molecular formula is C8H16N2O5PS+. The summed E-state index contributed by atoms with van der Waals surface area (Å²) in [7, 11) is 1.13. The van der Waals surface area contributed by atoms with E-state index >= 15 is 0 Å². The fourth-order valence-electron chi connectivity index (χ4n) is 1.35. The molecule has 1 aliphatic rings. The Labute approximate surface area is 104 Å². The van der Waals surface area contributed by atoms with Gasteiger partial charge in [0, 0.05) is 25.4 Å². The van der Waals surface area contributed by atoms with Crippen molar-refractivity contribution in [3.8, 4) is 0 Å². The molecule has 0 bridgehead atoms. The SMILES string of the molecule is COC(=O)[P+](O)(N=O)SCCN1CCOCC1. The molecular weight excluding hydrogens is 267 g/mol. The van der Waals surface area contributed by atoms with Crippen LogP contribution in [-0.2, 0) is 9.47 Å². The van der Waals surface area contributed by atoms with E-state index in [0.29, 0.717) is 25.5 Å². The third-order valence-electron chi connectivity index (χ3n) is 2.31. The highest BCUT2D eigenvalue weighted by Gasteiger charge is 2.53. The summed E-state index contributed by atoms with van der Waals surface area (Å²) in [5.74, 6) is 0.463. The molecule has 0 spiro atoms. The molecule has 0 aromatic rings. The third-order valence-corrected chi connectivity index (χ3v) is 6.19. The van der Waals surface area contributed by atoms with Gasteiger partial charge in [-0.15, -0.1) is 4.91 Å². The predicted octanol–water partition coefficient (Wildman–Crippen LogP) is 1.34. The van der Waals surface area contributed by atoms with Gasteiger partial charge < -0.3 is 9.47 Å². The molecule has 0 aromatic heterocycles. The van der Waals surface area contributed by atoms with Crippen molar-refractivity contribution in [1.29, 1.82) is 0 Å². The third kappa shape index (κ3) is 4.48. The first-order valence-corrected chi connectivity index (χ1v) is 8.41. The van der Waals surface area contributed by atoms with Gasteiger partial charge in [-0.2, -0.15) is 4.79 Å². The summed E-state index contributed by atoms with van der Waals surface area (Å²) in [5, 5.41) is 0. The molecule has 7 nitrogen and oxygen atoms in total. The van der Waals surface area contributed by atoms with Gasteiger partial charge in [0.1, 0.15) is 0 Å². The number of morpholine rings is 1. The summed E-state index contributed by atoms with van der Waals surface area (Å²) in [4.78, 5) is 36.1. The van der Waals surface area contributed by atoms with Gasteiger partial charge in [-0.05, 0) is 0 Å². The van der Waals surface area contributed by atoms with Gasteiger partial charge in [0.15, 0.2) is 4.95 Å². The van der Waals surface area contributed by atoms with Crippen LogP contribution in [0.1, 0.15) is 0 Å². The highest BCUT2D eigenvalue weighted by Crippen LogP contribution is 2.68. The number of nitroso groups, excluding NO2 is 1. The Hall–Kier alpha value is -0.270. The second-order valence-electron chi connectivity index (χ2n) is 3.38. The van der Waals surface area contributed by atoms with E-state index in [1.165, 1.54) is 0 Å². The molecule has 98 valence electrons. The highest BCUT2D eigenvalue weighted by atomic mass is 32.7. The van der Waals surface area contributed by atoms with E-state index in [9.17, 15) is 14.6 Å². The topological polar surface area (TPSA) is 88.4 Å². The van der Waals surface area contributed by atoms with Gasteiger partial charge >= 0.3 is 12.6 Å². The summed E-state index contributed by atoms with van der Waals surface area (Å²) in [6, 6.07) is 0. The van der Waals surface area contributed by atoms with Crippen LogP contribution in [0.25, 0.3) is 0 Å². The lowest BCUT2D eigenvalue weighted by Gasteiger charge is -2.25. The molecule has 0 aliphatic carbocycles. The molecule has 1 atom stereocenters. The maximum atomic E-state index is 11.2. The molecule has 0 radical (unpaired) electrons. The van der Waals surface area contributed by atoms with Crippen molar-refractivity contribution in [2.75, 3.05) is 45.7 Å². The molecule has 1 N–H and O–H groups in total. The fraction of sp³-hybridized carbons (Fsp3) is 0.875. The zero-order valence-corrected chi connectivity index (χ0v) is 11.3. The van der Waals surface area contributed by atoms with Gasteiger partial charge in [-0.1, -0.05) is 0 Å². The molecule has 1 rings (SSSR count). The molecule has 0 amide bonds. The Kier molecular flexibility index (Phi) is 6.29. The van der Waals surface area contributed by atoms with E-state index in [0.717, 1.165) is 31.6 Å². The number of hydrogen-bond donors (Lipinski definition) is 1. The van der Waals surface area contributed by atoms with E-state index in [1.807, 2.05) is 0 Å². The summed E-state index contributed by atoms with van der Waals surface area (Å²) >= 11 is 0.881. The van der Waals surface area contributed by atoms with Crippen LogP contribution in [0.2, 0.25) is 0 Å². The van der Waals surface area contributed by atoms with Gasteiger partial charge in [-0.3, -0.25) is 4.90 Å². The van der Waals surface area contributed by atoms with Crippen molar-refractivity contribution in [1.82, 2.24) is 4.90 Å². The molecule has 17 heavy (non-hydrogen) atoms. The molecule has 0 aromatic carbocycles. The zero-order chi connectivity index (χ0) is 12.7. The van der Waals surface area contributed by atoms with E-state index in [2.05, 4.69) is 14.6 Å². The number of carbonyl (C=O) groups is 1. The van der Waals surface area contributed by atoms with Crippen LogP contribution in [0, 0.1) is 4.91 Å². The minimum atomic E-state index is -3.54. The fourth-order valence-corrected chi connectivity index (χ4v) is 4.09. The van der Waals surface area contributed by atoms with Crippen LogP contribution in [0.15, 0.2) is 4.95 Å². The first kappa shape index (κ1) is 14.8.